The van der Waals surface area contributed by atoms with Crippen LogP contribution in [0.1, 0.15) is 39.0 Å². The third-order valence-corrected chi connectivity index (χ3v) is 2.31. The molecule has 0 aromatic carbocycles. The van der Waals surface area contributed by atoms with Crippen LogP contribution in [-0.2, 0) is 9.59 Å². The highest BCUT2D eigenvalue weighted by molar-refractivity contribution is 5.78. The molecule has 100 valence electrons. The van der Waals surface area contributed by atoms with Crippen LogP contribution in [0.3, 0.4) is 0 Å². The van der Waals surface area contributed by atoms with Gasteiger partial charge >= 0.3 is 0 Å². The summed E-state index contributed by atoms with van der Waals surface area (Å²) in [7, 11) is 1.89. The minimum absolute atomic E-state index is 0.0318. The van der Waals surface area contributed by atoms with Gasteiger partial charge < -0.3 is 16.0 Å². The third kappa shape index (κ3) is 11.2. The Bertz CT molecular complexity index is 220. The zero-order chi connectivity index (χ0) is 12.9. The summed E-state index contributed by atoms with van der Waals surface area (Å²) in [6.45, 7) is 4.33. The summed E-state index contributed by atoms with van der Waals surface area (Å²) >= 11 is 0. The molecule has 0 aromatic rings. The van der Waals surface area contributed by atoms with E-state index in [1.165, 1.54) is 0 Å². The van der Waals surface area contributed by atoms with Crippen LogP contribution in [0.25, 0.3) is 0 Å². The van der Waals surface area contributed by atoms with E-state index in [-0.39, 0.29) is 11.8 Å². The molecule has 0 spiro atoms. The molecule has 17 heavy (non-hydrogen) atoms. The van der Waals surface area contributed by atoms with Crippen molar-refractivity contribution >= 4 is 11.8 Å². The van der Waals surface area contributed by atoms with Crippen LogP contribution in [-0.4, -0.2) is 38.5 Å². The number of hydrogen-bond acceptors (Lipinski definition) is 3. The van der Waals surface area contributed by atoms with E-state index in [2.05, 4.69) is 16.0 Å². The van der Waals surface area contributed by atoms with E-state index in [1.54, 1.807) is 0 Å². The van der Waals surface area contributed by atoms with Gasteiger partial charge in [-0.2, -0.15) is 0 Å². The van der Waals surface area contributed by atoms with Gasteiger partial charge in [-0.05, 0) is 32.9 Å². The van der Waals surface area contributed by atoms with Crippen molar-refractivity contribution in [3.63, 3.8) is 0 Å². The molecule has 0 aliphatic rings. The van der Waals surface area contributed by atoms with Gasteiger partial charge in [0.2, 0.25) is 11.8 Å². The third-order valence-electron chi connectivity index (χ3n) is 2.31. The largest absolute Gasteiger partial charge is 0.356 e. The molecule has 0 unspecified atom stereocenters. The molecule has 2 amide bonds. The number of hydrogen-bond donors (Lipinski definition) is 3. The highest BCUT2D eigenvalue weighted by atomic mass is 16.2. The standard InChI is InChI=1S/C12H25N3O2/c1-3-8-14-11(16)6-4-7-12(17)15-10-5-9-13-2/h13H,3-10H2,1-2H3,(H,14,16)(H,15,17). The predicted molar refractivity (Wildman–Crippen MR) is 68.7 cm³/mol. The predicted octanol–water partition coefficient (Wildman–Crippen LogP) is 0.409. The summed E-state index contributed by atoms with van der Waals surface area (Å²) < 4.78 is 0. The molecule has 0 heterocycles. The monoisotopic (exact) mass is 243 g/mol. The van der Waals surface area contributed by atoms with Crippen LogP contribution in [0.4, 0.5) is 0 Å². The molecular formula is C12H25N3O2. The van der Waals surface area contributed by atoms with Crippen molar-refractivity contribution in [2.75, 3.05) is 26.7 Å². The Kier molecular flexibility index (Phi) is 10.7. The maximum Gasteiger partial charge on any atom is 0.220 e. The van der Waals surface area contributed by atoms with Gasteiger partial charge in [0, 0.05) is 25.9 Å². The molecule has 0 aliphatic heterocycles. The van der Waals surface area contributed by atoms with Crippen molar-refractivity contribution in [3.05, 3.63) is 0 Å². The lowest BCUT2D eigenvalue weighted by Crippen LogP contribution is -2.27. The van der Waals surface area contributed by atoms with E-state index in [9.17, 15) is 9.59 Å². The van der Waals surface area contributed by atoms with Gasteiger partial charge in [-0.3, -0.25) is 9.59 Å². The van der Waals surface area contributed by atoms with Crippen molar-refractivity contribution in [3.8, 4) is 0 Å². The van der Waals surface area contributed by atoms with E-state index in [0.29, 0.717) is 25.8 Å². The Morgan fingerprint density at radius 1 is 0.882 bits per heavy atom. The van der Waals surface area contributed by atoms with Crippen LogP contribution in [0.2, 0.25) is 0 Å². The Hall–Kier alpha value is -1.10. The lowest BCUT2D eigenvalue weighted by molar-refractivity contribution is -0.122. The topological polar surface area (TPSA) is 70.2 Å². The van der Waals surface area contributed by atoms with E-state index in [4.69, 9.17) is 0 Å². The maximum atomic E-state index is 11.3. The van der Waals surface area contributed by atoms with Gasteiger partial charge in [0.25, 0.3) is 0 Å². The molecule has 0 saturated carbocycles. The molecule has 0 aliphatic carbocycles. The van der Waals surface area contributed by atoms with Crippen LogP contribution in [0.15, 0.2) is 0 Å². The van der Waals surface area contributed by atoms with Crippen molar-refractivity contribution in [1.29, 1.82) is 0 Å². The molecule has 0 atom stereocenters. The van der Waals surface area contributed by atoms with E-state index in [1.807, 2.05) is 14.0 Å². The zero-order valence-electron chi connectivity index (χ0n) is 11.0. The number of carbonyl (C=O) groups is 2. The number of carbonyl (C=O) groups excluding carboxylic acids is 2. The van der Waals surface area contributed by atoms with E-state index in [0.717, 1.165) is 25.9 Å². The average molecular weight is 243 g/mol. The fraction of sp³-hybridized carbons (Fsp3) is 0.833. The highest BCUT2D eigenvalue weighted by Crippen LogP contribution is 1.95. The van der Waals surface area contributed by atoms with Gasteiger partial charge in [-0.25, -0.2) is 0 Å². The van der Waals surface area contributed by atoms with Crippen LogP contribution < -0.4 is 16.0 Å². The second kappa shape index (κ2) is 11.4. The Morgan fingerprint density at radius 2 is 1.47 bits per heavy atom. The summed E-state index contributed by atoms with van der Waals surface area (Å²) in [6, 6.07) is 0. The van der Waals surface area contributed by atoms with Gasteiger partial charge in [0.15, 0.2) is 0 Å². The molecule has 0 rings (SSSR count). The fourth-order valence-corrected chi connectivity index (χ4v) is 1.34. The van der Waals surface area contributed by atoms with Crippen molar-refractivity contribution < 1.29 is 9.59 Å². The Balaban J connectivity index is 3.35. The molecule has 3 N–H and O–H groups in total. The molecule has 0 bridgehead atoms. The van der Waals surface area contributed by atoms with Crippen LogP contribution in [0.5, 0.6) is 0 Å². The number of rotatable bonds is 10. The van der Waals surface area contributed by atoms with Gasteiger partial charge in [-0.1, -0.05) is 6.92 Å². The number of amides is 2. The molecular weight excluding hydrogens is 218 g/mol. The molecule has 5 nitrogen and oxygen atoms in total. The Labute approximate surface area is 104 Å². The first kappa shape index (κ1) is 15.9. The first-order chi connectivity index (χ1) is 8.20. The Morgan fingerprint density at radius 3 is 2.00 bits per heavy atom. The first-order valence-corrected chi connectivity index (χ1v) is 6.38. The molecule has 0 saturated heterocycles. The van der Waals surface area contributed by atoms with Crippen molar-refractivity contribution in [2.45, 2.75) is 39.0 Å². The van der Waals surface area contributed by atoms with Crippen LogP contribution in [0, 0.1) is 0 Å². The second-order valence-electron chi connectivity index (χ2n) is 4.01. The normalized spacial score (nSPS) is 10.0. The van der Waals surface area contributed by atoms with E-state index < -0.39 is 0 Å². The highest BCUT2D eigenvalue weighted by Gasteiger charge is 2.03. The van der Waals surface area contributed by atoms with Crippen molar-refractivity contribution in [1.82, 2.24) is 16.0 Å². The van der Waals surface area contributed by atoms with Gasteiger partial charge in [0.1, 0.15) is 0 Å². The molecule has 0 radical (unpaired) electrons. The second-order valence-corrected chi connectivity index (χ2v) is 4.01. The minimum Gasteiger partial charge on any atom is -0.356 e. The fourth-order valence-electron chi connectivity index (χ4n) is 1.34. The van der Waals surface area contributed by atoms with E-state index >= 15 is 0 Å². The quantitative estimate of drug-likeness (QED) is 0.487. The summed E-state index contributed by atoms with van der Waals surface area (Å²) in [6.07, 6.45) is 3.35. The first-order valence-electron chi connectivity index (χ1n) is 6.38. The lowest BCUT2D eigenvalue weighted by Gasteiger charge is -2.05. The number of nitrogens with one attached hydrogen (secondary N) is 3. The maximum absolute atomic E-state index is 11.3. The summed E-state index contributed by atoms with van der Waals surface area (Å²) in [5.41, 5.74) is 0. The lowest BCUT2D eigenvalue weighted by atomic mass is 10.2. The summed E-state index contributed by atoms with van der Waals surface area (Å²) in [5, 5.41) is 8.63. The van der Waals surface area contributed by atoms with Crippen molar-refractivity contribution in [2.24, 2.45) is 0 Å². The summed E-state index contributed by atoms with van der Waals surface area (Å²) in [4.78, 5) is 22.6. The zero-order valence-corrected chi connectivity index (χ0v) is 11.0. The molecule has 0 aromatic heterocycles. The SMILES string of the molecule is CCCNC(=O)CCCC(=O)NCCCNC. The van der Waals surface area contributed by atoms with Gasteiger partial charge in [0.05, 0.1) is 0 Å². The smallest absolute Gasteiger partial charge is 0.220 e. The average Bonchev–Trinajstić information content (AvgIpc) is 2.32. The minimum atomic E-state index is 0.0318. The molecule has 0 fully saturated rings. The molecule has 5 heteroatoms. The summed E-state index contributed by atoms with van der Waals surface area (Å²) in [5.74, 6) is 0.0687. The van der Waals surface area contributed by atoms with Crippen LogP contribution >= 0.6 is 0 Å². The van der Waals surface area contributed by atoms with Gasteiger partial charge in [-0.15, -0.1) is 0 Å².